The number of benzene rings is 1. The smallest absolute Gasteiger partial charge is 0.254 e. The van der Waals surface area contributed by atoms with E-state index >= 15 is 0 Å². The minimum atomic E-state index is -0.480. The molecule has 0 radical (unpaired) electrons. The van der Waals surface area contributed by atoms with Gasteiger partial charge in [0.1, 0.15) is 0 Å². The highest BCUT2D eigenvalue weighted by atomic mass is 16.5. The van der Waals surface area contributed by atoms with Crippen LogP contribution in [0.15, 0.2) is 24.3 Å². The summed E-state index contributed by atoms with van der Waals surface area (Å²) in [5.74, 6) is 0.220. The van der Waals surface area contributed by atoms with Gasteiger partial charge in [0.25, 0.3) is 5.91 Å². The van der Waals surface area contributed by atoms with Crippen molar-refractivity contribution in [2.24, 2.45) is 5.92 Å². The molecule has 2 atom stereocenters. The second-order valence-electron chi connectivity index (χ2n) is 5.70. The molecule has 1 fully saturated rings. The molecule has 3 rings (SSSR count). The lowest BCUT2D eigenvalue weighted by Crippen LogP contribution is -2.40. The maximum Gasteiger partial charge on any atom is 0.254 e. The monoisotopic (exact) mass is 275 g/mol. The van der Waals surface area contributed by atoms with Crippen LogP contribution in [-0.4, -0.2) is 48.3 Å². The molecule has 2 unspecified atom stereocenters. The van der Waals surface area contributed by atoms with Gasteiger partial charge in [-0.05, 0) is 30.9 Å². The summed E-state index contributed by atoms with van der Waals surface area (Å²) >= 11 is 0. The Morgan fingerprint density at radius 1 is 1.40 bits per heavy atom. The molecule has 1 aromatic rings. The number of ether oxygens (including phenoxy) is 1. The van der Waals surface area contributed by atoms with Crippen LogP contribution in [0.1, 0.15) is 28.8 Å². The van der Waals surface area contributed by atoms with E-state index in [0.717, 1.165) is 43.5 Å². The van der Waals surface area contributed by atoms with Gasteiger partial charge in [0.05, 0.1) is 12.7 Å². The van der Waals surface area contributed by atoms with E-state index in [2.05, 4.69) is 0 Å². The Hall–Kier alpha value is -1.39. The van der Waals surface area contributed by atoms with Gasteiger partial charge in [0, 0.05) is 31.2 Å². The van der Waals surface area contributed by atoms with Crippen molar-refractivity contribution in [3.8, 4) is 0 Å². The molecule has 2 aliphatic heterocycles. The molecule has 2 aliphatic rings. The Labute approximate surface area is 119 Å². The highest BCUT2D eigenvalue weighted by Crippen LogP contribution is 2.22. The average molecular weight is 275 g/mol. The molecular weight excluding hydrogens is 254 g/mol. The number of hydrogen-bond donors (Lipinski definition) is 1. The first-order valence-corrected chi connectivity index (χ1v) is 7.38. The Morgan fingerprint density at radius 2 is 2.25 bits per heavy atom. The standard InChI is InChI=1S/C16H21NO3/c18-15(13-7-9-20-11-13)10-17-8-3-5-12-4-1-2-6-14(12)16(17)19/h1-2,4,6,13,15,18H,3,5,7-11H2. The number of carbonyl (C=O) groups excluding carboxylic acids is 1. The molecule has 20 heavy (non-hydrogen) atoms. The van der Waals surface area contributed by atoms with E-state index in [1.54, 1.807) is 4.90 Å². The first kappa shape index (κ1) is 13.6. The van der Waals surface area contributed by atoms with E-state index < -0.39 is 6.10 Å². The molecule has 0 spiro atoms. The minimum absolute atomic E-state index is 0.0519. The Balaban J connectivity index is 1.72. The van der Waals surface area contributed by atoms with Crippen LogP contribution in [0.25, 0.3) is 0 Å². The maximum atomic E-state index is 12.6. The third-order valence-electron chi connectivity index (χ3n) is 4.33. The molecule has 108 valence electrons. The van der Waals surface area contributed by atoms with Crippen LogP contribution in [0.3, 0.4) is 0 Å². The van der Waals surface area contributed by atoms with Gasteiger partial charge in [-0.3, -0.25) is 4.79 Å². The summed E-state index contributed by atoms with van der Waals surface area (Å²) in [4.78, 5) is 14.4. The number of hydrogen-bond acceptors (Lipinski definition) is 3. The molecule has 4 heteroatoms. The van der Waals surface area contributed by atoms with Crippen LogP contribution in [0, 0.1) is 5.92 Å². The molecular formula is C16H21NO3. The van der Waals surface area contributed by atoms with E-state index in [-0.39, 0.29) is 11.8 Å². The van der Waals surface area contributed by atoms with Gasteiger partial charge in [-0.25, -0.2) is 0 Å². The fourth-order valence-corrected chi connectivity index (χ4v) is 3.08. The first-order chi connectivity index (χ1) is 9.75. The number of aliphatic hydroxyl groups excluding tert-OH is 1. The zero-order valence-corrected chi connectivity index (χ0v) is 11.6. The Bertz CT molecular complexity index is 482. The van der Waals surface area contributed by atoms with Crippen molar-refractivity contribution in [3.63, 3.8) is 0 Å². The zero-order chi connectivity index (χ0) is 13.9. The fourth-order valence-electron chi connectivity index (χ4n) is 3.08. The number of aliphatic hydroxyl groups is 1. The van der Waals surface area contributed by atoms with Crippen molar-refractivity contribution in [2.75, 3.05) is 26.3 Å². The van der Waals surface area contributed by atoms with Crippen LogP contribution in [-0.2, 0) is 11.2 Å². The van der Waals surface area contributed by atoms with Gasteiger partial charge >= 0.3 is 0 Å². The second-order valence-corrected chi connectivity index (χ2v) is 5.70. The SMILES string of the molecule is O=C1c2ccccc2CCCN1CC(O)C1CCOC1. The summed E-state index contributed by atoms with van der Waals surface area (Å²) in [5.41, 5.74) is 1.92. The second kappa shape index (κ2) is 5.94. The number of rotatable bonds is 3. The Kier molecular flexibility index (Phi) is 4.03. The van der Waals surface area contributed by atoms with Crippen LogP contribution in [0.4, 0.5) is 0 Å². The molecule has 0 saturated carbocycles. The summed E-state index contributed by atoms with van der Waals surface area (Å²) in [6.07, 6.45) is 2.30. The van der Waals surface area contributed by atoms with Crippen LogP contribution < -0.4 is 0 Å². The topological polar surface area (TPSA) is 49.8 Å². The lowest BCUT2D eigenvalue weighted by molar-refractivity contribution is 0.0441. The predicted octanol–water partition coefficient (Wildman–Crippen LogP) is 1.47. The van der Waals surface area contributed by atoms with E-state index in [9.17, 15) is 9.90 Å². The molecule has 1 aromatic carbocycles. The highest BCUT2D eigenvalue weighted by molar-refractivity contribution is 5.96. The summed E-state index contributed by atoms with van der Waals surface area (Å²) in [5, 5.41) is 10.3. The fraction of sp³-hybridized carbons (Fsp3) is 0.562. The number of amides is 1. The summed E-state index contributed by atoms with van der Waals surface area (Å²) in [6.45, 7) is 2.47. The quantitative estimate of drug-likeness (QED) is 0.909. The van der Waals surface area contributed by atoms with Crippen LogP contribution >= 0.6 is 0 Å². The largest absolute Gasteiger partial charge is 0.391 e. The lowest BCUT2D eigenvalue weighted by atomic mass is 10.0. The molecule has 0 aliphatic carbocycles. The van der Waals surface area contributed by atoms with Gasteiger partial charge in [-0.2, -0.15) is 0 Å². The van der Waals surface area contributed by atoms with Gasteiger partial charge in [0.15, 0.2) is 0 Å². The van der Waals surface area contributed by atoms with Crippen molar-refractivity contribution in [1.82, 2.24) is 4.90 Å². The van der Waals surface area contributed by atoms with Gasteiger partial charge in [-0.15, -0.1) is 0 Å². The molecule has 1 amide bonds. The molecule has 0 bridgehead atoms. The van der Waals surface area contributed by atoms with Crippen molar-refractivity contribution in [1.29, 1.82) is 0 Å². The molecule has 0 aromatic heterocycles. The van der Waals surface area contributed by atoms with Crippen molar-refractivity contribution < 1.29 is 14.6 Å². The molecule has 2 heterocycles. The van der Waals surface area contributed by atoms with Crippen LogP contribution in [0.5, 0.6) is 0 Å². The lowest BCUT2D eigenvalue weighted by Gasteiger charge is -2.26. The van der Waals surface area contributed by atoms with E-state index in [4.69, 9.17) is 4.74 Å². The summed E-state index contributed by atoms with van der Waals surface area (Å²) < 4.78 is 5.31. The van der Waals surface area contributed by atoms with Crippen molar-refractivity contribution in [2.45, 2.75) is 25.4 Å². The third-order valence-corrected chi connectivity index (χ3v) is 4.33. The number of fused-ring (bicyclic) bond motifs is 1. The molecule has 1 N–H and O–H groups in total. The highest BCUT2D eigenvalue weighted by Gasteiger charge is 2.29. The van der Waals surface area contributed by atoms with E-state index in [0.29, 0.717) is 13.2 Å². The predicted molar refractivity (Wildman–Crippen MR) is 75.6 cm³/mol. The molecule has 4 nitrogen and oxygen atoms in total. The number of nitrogens with zero attached hydrogens (tertiary/aromatic N) is 1. The summed E-state index contributed by atoms with van der Waals surface area (Å²) in [7, 11) is 0. The first-order valence-electron chi connectivity index (χ1n) is 7.38. The number of aryl methyl sites for hydroxylation is 1. The number of β-amino-alcohol motifs (C(OH)–C–C–N with tert-alkyl or cyclic N) is 1. The third kappa shape index (κ3) is 2.72. The zero-order valence-electron chi connectivity index (χ0n) is 11.6. The maximum absolute atomic E-state index is 12.6. The normalized spacial score (nSPS) is 24.4. The van der Waals surface area contributed by atoms with Crippen LogP contribution in [0.2, 0.25) is 0 Å². The van der Waals surface area contributed by atoms with E-state index in [1.165, 1.54) is 0 Å². The van der Waals surface area contributed by atoms with Crippen molar-refractivity contribution in [3.05, 3.63) is 35.4 Å². The van der Waals surface area contributed by atoms with E-state index in [1.807, 2.05) is 24.3 Å². The number of carbonyl (C=O) groups is 1. The van der Waals surface area contributed by atoms with Gasteiger partial charge in [-0.1, -0.05) is 18.2 Å². The van der Waals surface area contributed by atoms with Gasteiger partial charge < -0.3 is 14.7 Å². The average Bonchev–Trinajstić information content (AvgIpc) is 2.95. The minimum Gasteiger partial charge on any atom is -0.391 e. The molecule has 1 saturated heterocycles. The van der Waals surface area contributed by atoms with Crippen molar-refractivity contribution >= 4 is 5.91 Å². The van der Waals surface area contributed by atoms with Gasteiger partial charge in [0.2, 0.25) is 0 Å². The Morgan fingerprint density at radius 3 is 3.05 bits per heavy atom. The summed E-state index contributed by atoms with van der Waals surface area (Å²) in [6, 6.07) is 7.80.